The fraction of sp³-hybridized carbons (Fsp3) is 0.727. The normalized spacial score (nSPS) is 17.4. The first-order valence-electron chi connectivity index (χ1n) is 5.98. The van der Waals surface area contributed by atoms with Crippen molar-refractivity contribution in [3.05, 3.63) is 12.0 Å². The van der Waals surface area contributed by atoms with Gasteiger partial charge < -0.3 is 4.57 Å². The molecule has 1 aliphatic carbocycles. The Morgan fingerprint density at radius 3 is 2.59 bits per heavy atom. The summed E-state index contributed by atoms with van der Waals surface area (Å²) in [5.41, 5.74) is 0. The fourth-order valence-corrected chi connectivity index (χ4v) is 2.60. The summed E-state index contributed by atoms with van der Waals surface area (Å²) in [5.74, 6) is 1.67. The first-order valence-corrected chi connectivity index (χ1v) is 7.52. The standard InChI is InChI=1S/C11H19N3O2S/c1-8(2)11-13-10(17(12,15)16)7-14(11)6-9-4-3-5-9/h7-9H,3-6H2,1-2H3,(H2,12,15,16). The summed E-state index contributed by atoms with van der Waals surface area (Å²) in [4.78, 5) is 4.14. The van der Waals surface area contributed by atoms with Gasteiger partial charge in [0.2, 0.25) is 0 Å². The van der Waals surface area contributed by atoms with E-state index in [0.717, 1.165) is 12.4 Å². The average Bonchev–Trinajstić information content (AvgIpc) is 2.54. The molecule has 0 aromatic carbocycles. The first-order chi connectivity index (χ1) is 7.88. The van der Waals surface area contributed by atoms with Crippen LogP contribution < -0.4 is 5.14 Å². The molecule has 2 rings (SSSR count). The van der Waals surface area contributed by atoms with Crippen LogP contribution in [0.1, 0.15) is 44.9 Å². The lowest BCUT2D eigenvalue weighted by Gasteiger charge is -2.26. The molecule has 2 N–H and O–H groups in total. The van der Waals surface area contributed by atoms with Gasteiger partial charge in [0.15, 0.2) is 5.03 Å². The van der Waals surface area contributed by atoms with Gasteiger partial charge in [-0.15, -0.1) is 0 Å². The van der Waals surface area contributed by atoms with Crippen LogP contribution >= 0.6 is 0 Å². The summed E-state index contributed by atoms with van der Waals surface area (Å²) in [6, 6.07) is 0. The summed E-state index contributed by atoms with van der Waals surface area (Å²) >= 11 is 0. The van der Waals surface area contributed by atoms with Gasteiger partial charge in [0.05, 0.1) is 0 Å². The van der Waals surface area contributed by atoms with Crippen LogP contribution in [0.5, 0.6) is 0 Å². The summed E-state index contributed by atoms with van der Waals surface area (Å²) in [7, 11) is -3.69. The van der Waals surface area contributed by atoms with E-state index in [0.29, 0.717) is 5.92 Å². The molecule has 17 heavy (non-hydrogen) atoms. The Morgan fingerprint density at radius 2 is 2.18 bits per heavy atom. The molecule has 0 saturated heterocycles. The van der Waals surface area contributed by atoms with Crippen LogP contribution in [0.3, 0.4) is 0 Å². The summed E-state index contributed by atoms with van der Waals surface area (Å²) in [6.07, 6.45) is 5.29. The third-order valence-electron chi connectivity index (χ3n) is 3.27. The largest absolute Gasteiger partial charge is 0.333 e. The number of primary sulfonamides is 1. The minimum absolute atomic E-state index is 0.0134. The van der Waals surface area contributed by atoms with E-state index in [1.165, 1.54) is 19.3 Å². The van der Waals surface area contributed by atoms with E-state index >= 15 is 0 Å². The Morgan fingerprint density at radius 1 is 1.53 bits per heavy atom. The third-order valence-corrected chi connectivity index (χ3v) is 4.05. The van der Waals surface area contributed by atoms with Crippen molar-refractivity contribution in [1.29, 1.82) is 0 Å². The quantitative estimate of drug-likeness (QED) is 0.886. The number of aromatic nitrogens is 2. The topological polar surface area (TPSA) is 78.0 Å². The monoisotopic (exact) mass is 257 g/mol. The molecule has 0 radical (unpaired) electrons. The highest BCUT2D eigenvalue weighted by Gasteiger charge is 2.23. The van der Waals surface area contributed by atoms with Crippen molar-refractivity contribution < 1.29 is 8.42 Å². The molecular formula is C11H19N3O2S. The molecule has 0 atom stereocenters. The highest BCUT2D eigenvalue weighted by molar-refractivity contribution is 7.89. The van der Waals surface area contributed by atoms with E-state index < -0.39 is 10.0 Å². The first kappa shape index (κ1) is 12.6. The van der Waals surface area contributed by atoms with Crippen molar-refractivity contribution in [3.8, 4) is 0 Å². The molecule has 96 valence electrons. The maximum atomic E-state index is 11.3. The Bertz CT molecular complexity index is 501. The van der Waals surface area contributed by atoms with Crippen LogP contribution in [0.4, 0.5) is 0 Å². The Hall–Kier alpha value is -0.880. The molecule has 6 heteroatoms. The molecule has 0 spiro atoms. The molecule has 1 aromatic rings. The van der Waals surface area contributed by atoms with Crippen molar-refractivity contribution in [3.63, 3.8) is 0 Å². The SMILES string of the molecule is CC(C)c1nc(S(N)(=O)=O)cn1CC1CCC1. The second kappa shape index (κ2) is 4.42. The Kier molecular flexibility index (Phi) is 3.27. The lowest BCUT2D eigenvalue weighted by molar-refractivity contribution is 0.272. The van der Waals surface area contributed by atoms with Crippen LogP contribution in [-0.4, -0.2) is 18.0 Å². The van der Waals surface area contributed by atoms with E-state index in [1.54, 1.807) is 6.20 Å². The van der Waals surface area contributed by atoms with Crippen LogP contribution in [-0.2, 0) is 16.6 Å². The van der Waals surface area contributed by atoms with E-state index in [1.807, 2.05) is 18.4 Å². The van der Waals surface area contributed by atoms with Gasteiger partial charge in [0.25, 0.3) is 10.0 Å². The van der Waals surface area contributed by atoms with Crippen LogP contribution in [0.2, 0.25) is 0 Å². The minimum Gasteiger partial charge on any atom is -0.333 e. The molecule has 1 aromatic heterocycles. The van der Waals surface area contributed by atoms with Gasteiger partial charge >= 0.3 is 0 Å². The zero-order valence-corrected chi connectivity index (χ0v) is 11.1. The summed E-state index contributed by atoms with van der Waals surface area (Å²) in [6.45, 7) is 4.87. The van der Waals surface area contributed by atoms with Crippen molar-refractivity contribution >= 4 is 10.0 Å². The summed E-state index contributed by atoms with van der Waals surface area (Å²) < 4.78 is 24.5. The maximum absolute atomic E-state index is 11.3. The van der Waals surface area contributed by atoms with E-state index in [9.17, 15) is 8.42 Å². The average molecular weight is 257 g/mol. The molecular weight excluding hydrogens is 238 g/mol. The lowest BCUT2D eigenvalue weighted by Crippen LogP contribution is -2.19. The van der Waals surface area contributed by atoms with Crippen LogP contribution in [0.25, 0.3) is 0 Å². The number of imidazole rings is 1. The number of sulfonamides is 1. The molecule has 0 amide bonds. The van der Waals surface area contributed by atoms with Gasteiger partial charge in [-0.1, -0.05) is 20.3 Å². The lowest BCUT2D eigenvalue weighted by atomic mass is 9.85. The smallest absolute Gasteiger partial charge is 0.257 e. The summed E-state index contributed by atoms with van der Waals surface area (Å²) in [5, 5.41) is 5.10. The molecule has 1 aliphatic rings. The number of nitrogens with two attached hydrogens (primary N) is 1. The molecule has 1 heterocycles. The third kappa shape index (κ3) is 2.69. The highest BCUT2D eigenvalue weighted by Crippen LogP contribution is 2.29. The molecule has 0 aliphatic heterocycles. The van der Waals surface area contributed by atoms with Crippen molar-refractivity contribution in [1.82, 2.24) is 9.55 Å². The predicted octanol–water partition coefficient (Wildman–Crippen LogP) is 1.45. The van der Waals surface area contributed by atoms with Gasteiger partial charge in [-0.3, -0.25) is 0 Å². The van der Waals surface area contributed by atoms with E-state index in [2.05, 4.69) is 4.98 Å². The highest BCUT2D eigenvalue weighted by atomic mass is 32.2. The second-order valence-electron chi connectivity index (χ2n) is 5.09. The number of rotatable bonds is 4. The molecule has 0 unspecified atom stereocenters. The number of hydrogen-bond donors (Lipinski definition) is 1. The Labute approximate surface area is 102 Å². The van der Waals surface area contributed by atoms with E-state index in [-0.39, 0.29) is 10.9 Å². The fourth-order valence-electron chi connectivity index (χ4n) is 2.10. The van der Waals surface area contributed by atoms with Gasteiger partial charge in [-0.25, -0.2) is 18.5 Å². The predicted molar refractivity (Wildman–Crippen MR) is 65.0 cm³/mol. The zero-order chi connectivity index (χ0) is 12.6. The molecule has 5 nitrogen and oxygen atoms in total. The van der Waals surface area contributed by atoms with Gasteiger partial charge in [0, 0.05) is 18.7 Å². The number of hydrogen-bond acceptors (Lipinski definition) is 3. The van der Waals surface area contributed by atoms with Crippen molar-refractivity contribution in [2.45, 2.75) is 50.6 Å². The number of nitrogens with zero attached hydrogens (tertiary/aromatic N) is 2. The van der Waals surface area contributed by atoms with Crippen molar-refractivity contribution in [2.24, 2.45) is 11.1 Å². The molecule has 1 fully saturated rings. The van der Waals surface area contributed by atoms with Crippen molar-refractivity contribution in [2.75, 3.05) is 0 Å². The molecule has 0 bridgehead atoms. The van der Waals surface area contributed by atoms with Gasteiger partial charge in [-0.2, -0.15) is 0 Å². The van der Waals surface area contributed by atoms with Crippen LogP contribution in [0, 0.1) is 5.92 Å². The van der Waals surface area contributed by atoms with E-state index in [4.69, 9.17) is 5.14 Å². The minimum atomic E-state index is -3.69. The zero-order valence-electron chi connectivity index (χ0n) is 10.3. The second-order valence-corrected chi connectivity index (χ2v) is 6.59. The maximum Gasteiger partial charge on any atom is 0.257 e. The van der Waals surface area contributed by atoms with Gasteiger partial charge in [-0.05, 0) is 18.8 Å². The van der Waals surface area contributed by atoms with Crippen LogP contribution in [0.15, 0.2) is 11.2 Å². The molecule has 1 saturated carbocycles. The van der Waals surface area contributed by atoms with Gasteiger partial charge in [0.1, 0.15) is 5.82 Å². The Balaban J connectivity index is 2.31.